The molecule has 0 fully saturated rings. The summed E-state index contributed by atoms with van der Waals surface area (Å²) < 4.78 is 24.7. The van der Waals surface area contributed by atoms with E-state index in [1.54, 1.807) is 0 Å². The summed E-state index contributed by atoms with van der Waals surface area (Å²) in [6.07, 6.45) is 6.60. The third-order valence-electron chi connectivity index (χ3n) is 4.59. The number of hydrogen-bond donors (Lipinski definition) is 2. The van der Waals surface area contributed by atoms with E-state index in [0.29, 0.717) is 10.4 Å². The lowest BCUT2D eigenvalue weighted by atomic mass is 10.00. The number of rotatable bonds is 5. The average Bonchev–Trinajstić information content (AvgIpc) is 3.02. The van der Waals surface area contributed by atoms with Gasteiger partial charge in [0.2, 0.25) is 0 Å². The molecule has 1 aromatic heterocycles. The van der Waals surface area contributed by atoms with Crippen LogP contribution in [0.1, 0.15) is 63.1 Å². The molecule has 3 rings (SSSR count). The van der Waals surface area contributed by atoms with Crippen molar-refractivity contribution in [3.05, 3.63) is 51.2 Å². The first kappa shape index (κ1) is 19.7. The highest BCUT2D eigenvalue weighted by Gasteiger charge is 2.19. The predicted molar refractivity (Wildman–Crippen MR) is 104 cm³/mol. The summed E-state index contributed by atoms with van der Waals surface area (Å²) in [7, 11) is -3.91. The zero-order valence-electron chi connectivity index (χ0n) is 15.1. The Bertz CT molecular complexity index is 921. The van der Waals surface area contributed by atoms with Crippen molar-refractivity contribution in [1.82, 2.24) is 10.3 Å². The lowest BCUT2D eigenvalue weighted by molar-refractivity contribution is 0.0948. The second-order valence-electron chi connectivity index (χ2n) is 6.61. The van der Waals surface area contributed by atoms with Gasteiger partial charge in [-0.1, -0.05) is 25.0 Å². The van der Waals surface area contributed by atoms with Gasteiger partial charge in [-0.3, -0.25) is 15.0 Å². The van der Waals surface area contributed by atoms with Crippen LogP contribution in [0.2, 0.25) is 0 Å². The zero-order chi connectivity index (χ0) is 19.4. The normalized spacial score (nSPS) is 14.7. The van der Waals surface area contributed by atoms with Gasteiger partial charge in [0.05, 0.1) is 9.77 Å². The number of fused-ring (bicyclic) bond motifs is 1. The van der Waals surface area contributed by atoms with E-state index >= 15 is 0 Å². The van der Waals surface area contributed by atoms with Gasteiger partial charge in [0.25, 0.3) is 15.9 Å². The highest BCUT2D eigenvalue weighted by atomic mass is 32.2. The number of benzene rings is 1. The van der Waals surface area contributed by atoms with Crippen molar-refractivity contribution in [1.29, 1.82) is 0 Å². The van der Waals surface area contributed by atoms with Crippen LogP contribution in [-0.2, 0) is 22.9 Å². The van der Waals surface area contributed by atoms with Gasteiger partial charge in [-0.2, -0.15) is 0 Å². The van der Waals surface area contributed by atoms with Crippen molar-refractivity contribution in [3.63, 3.8) is 0 Å². The van der Waals surface area contributed by atoms with Gasteiger partial charge in [-0.25, -0.2) is 8.42 Å². The molecule has 144 valence electrons. The van der Waals surface area contributed by atoms with E-state index in [2.05, 4.69) is 10.3 Å². The largest absolute Gasteiger partial charge is 0.295 e. The number of carbonyl (C=O) groups excluding carboxylic acids is 2. The number of carbonyl (C=O) groups is 2. The number of sulfonamides is 1. The molecule has 6 nitrogen and oxygen atoms in total. The fourth-order valence-corrected chi connectivity index (χ4v) is 5.05. The van der Waals surface area contributed by atoms with Crippen LogP contribution in [0, 0.1) is 0 Å². The Morgan fingerprint density at radius 2 is 1.67 bits per heavy atom. The monoisotopic (exact) mass is 406 g/mol. The van der Waals surface area contributed by atoms with E-state index in [-0.39, 0.29) is 10.7 Å². The molecule has 0 saturated heterocycles. The quantitative estimate of drug-likeness (QED) is 0.589. The van der Waals surface area contributed by atoms with Gasteiger partial charge in [-0.05, 0) is 56.4 Å². The van der Waals surface area contributed by atoms with Crippen molar-refractivity contribution in [2.24, 2.45) is 0 Å². The Balaban J connectivity index is 1.67. The third kappa shape index (κ3) is 4.82. The summed E-state index contributed by atoms with van der Waals surface area (Å²) in [4.78, 5) is 27.5. The van der Waals surface area contributed by atoms with Crippen molar-refractivity contribution >= 4 is 33.1 Å². The molecule has 0 unspecified atom stereocenters. The first-order valence-electron chi connectivity index (χ1n) is 8.91. The van der Waals surface area contributed by atoms with E-state index in [4.69, 9.17) is 0 Å². The summed E-state index contributed by atoms with van der Waals surface area (Å²) in [6, 6.07) is 7.43. The summed E-state index contributed by atoms with van der Waals surface area (Å²) in [5.41, 5.74) is 3.91. The lowest BCUT2D eigenvalue weighted by Crippen LogP contribution is -2.41. The third-order valence-corrected chi connectivity index (χ3v) is 7.09. The number of hydrazine groups is 1. The summed E-state index contributed by atoms with van der Waals surface area (Å²) in [5.74, 6) is -0.607. The number of nitrogens with one attached hydrogen (secondary N) is 2. The molecule has 0 atom stereocenters. The summed E-state index contributed by atoms with van der Waals surface area (Å²) in [5, 5.41) is 0. The highest BCUT2D eigenvalue weighted by Crippen LogP contribution is 2.28. The molecule has 0 bridgehead atoms. The fraction of sp³-hybridized carbons (Fsp3) is 0.368. The Kier molecular flexibility index (Phi) is 6.08. The van der Waals surface area contributed by atoms with Gasteiger partial charge in [-0.15, -0.1) is 16.2 Å². The van der Waals surface area contributed by atoms with Crippen LogP contribution in [0.25, 0.3) is 0 Å². The summed E-state index contributed by atoms with van der Waals surface area (Å²) in [6.45, 7) is 1.41. The van der Waals surface area contributed by atoms with Gasteiger partial charge >= 0.3 is 0 Å². The Morgan fingerprint density at radius 3 is 2.33 bits per heavy atom. The van der Waals surface area contributed by atoms with Crippen molar-refractivity contribution in [3.8, 4) is 0 Å². The van der Waals surface area contributed by atoms with E-state index < -0.39 is 15.9 Å². The number of aryl methyl sites for hydroxylation is 2. The molecular formula is C19H22N2O4S2. The van der Waals surface area contributed by atoms with Gasteiger partial charge in [0.1, 0.15) is 0 Å². The zero-order valence-corrected chi connectivity index (χ0v) is 16.7. The average molecular weight is 407 g/mol. The number of ketones is 1. The van der Waals surface area contributed by atoms with Gasteiger partial charge in [0, 0.05) is 10.4 Å². The van der Waals surface area contributed by atoms with E-state index in [1.165, 1.54) is 65.8 Å². The second kappa shape index (κ2) is 8.33. The van der Waals surface area contributed by atoms with Crippen LogP contribution in [0.15, 0.2) is 35.2 Å². The standard InChI is InChI=1S/C19H22N2O4S2/c1-13(22)14-8-10-16(11-9-14)27(24,25)21-20-19(23)18-12-15-6-4-2-3-5-7-17(15)26-18/h8-12,21H,2-7H2,1H3,(H,20,23). The minimum absolute atomic E-state index is 0.0220. The maximum Gasteiger partial charge on any atom is 0.276 e. The van der Waals surface area contributed by atoms with Crippen molar-refractivity contribution < 1.29 is 18.0 Å². The molecule has 27 heavy (non-hydrogen) atoms. The fourth-order valence-electron chi connectivity index (χ4n) is 3.06. The Hall–Kier alpha value is -2.03. The van der Waals surface area contributed by atoms with Gasteiger partial charge in [0.15, 0.2) is 5.78 Å². The number of hydrogen-bond acceptors (Lipinski definition) is 5. The van der Waals surface area contributed by atoms with Crippen LogP contribution >= 0.6 is 11.3 Å². The van der Waals surface area contributed by atoms with Crippen molar-refractivity contribution in [2.45, 2.75) is 50.3 Å². The van der Waals surface area contributed by atoms with Crippen molar-refractivity contribution in [2.75, 3.05) is 0 Å². The molecule has 1 aromatic carbocycles. The van der Waals surface area contributed by atoms with E-state index in [1.807, 2.05) is 6.07 Å². The molecule has 2 N–H and O–H groups in total. The molecule has 1 aliphatic carbocycles. The maximum absolute atomic E-state index is 12.4. The molecule has 1 aliphatic rings. The molecule has 0 spiro atoms. The van der Waals surface area contributed by atoms with Crippen LogP contribution in [0.4, 0.5) is 0 Å². The minimum Gasteiger partial charge on any atom is -0.295 e. The van der Waals surface area contributed by atoms with E-state index in [0.717, 1.165) is 25.7 Å². The molecule has 1 amide bonds. The number of amides is 1. The molecule has 0 saturated carbocycles. The lowest BCUT2D eigenvalue weighted by Gasteiger charge is -2.08. The van der Waals surface area contributed by atoms with Crippen LogP contribution < -0.4 is 10.3 Å². The molecule has 1 heterocycles. The number of Topliss-reactive ketones (excluding diaryl/α,β-unsaturated/α-hetero) is 1. The molecule has 2 aromatic rings. The maximum atomic E-state index is 12.4. The smallest absolute Gasteiger partial charge is 0.276 e. The molecular weight excluding hydrogens is 384 g/mol. The molecule has 8 heteroatoms. The Labute approximate surface area is 163 Å². The topological polar surface area (TPSA) is 92.3 Å². The van der Waals surface area contributed by atoms with Crippen LogP contribution in [0.3, 0.4) is 0 Å². The molecule has 0 aliphatic heterocycles. The Morgan fingerprint density at radius 1 is 1.00 bits per heavy atom. The highest BCUT2D eigenvalue weighted by molar-refractivity contribution is 7.89. The second-order valence-corrected chi connectivity index (χ2v) is 9.43. The van der Waals surface area contributed by atoms with E-state index in [9.17, 15) is 18.0 Å². The minimum atomic E-state index is -3.91. The van der Waals surface area contributed by atoms with Gasteiger partial charge < -0.3 is 0 Å². The summed E-state index contributed by atoms with van der Waals surface area (Å²) >= 11 is 1.43. The number of thiophene rings is 1. The molecule has 0 radical (unpaired) electrons. The SMILES string of the molecule is CC(=O)c1ccc(S(=O)(=O)NNC(=O)c2cc3c(s2)CCCCCC3)cc1. The first-order valence-corrected chi connectivity index (χ1v) is 11.2. The first-order chi connectivity index (χ1) is 12.9. The predicted octanol–water partition coefficient (Wildman–Crippen LogP) is 3.23. The van der Waals surface area contributed by atoms with Crippen LogP contribution in [0.5, 0.6) is 0 Å². The van der Waals surface area contributed by atoms with Crippen LogP contribution in [-0.4, -0.2) is 20.1 Å².